The lowest BCUT2D eigenvalue weighted by molar-refractivity contribution is 0.101. The molecule has 0 aliphatic carbocycles. The summed E-state index contributed by atoms with van der Waals surface area (Å²) in [5.41, 5.74) is 5.08. The van der Waals surface area contributed by atoms with Crippen molar-refractivity contribution in [2.24, 2.45) is 0 Å². The number of rotatable bonds is 5. The molecule has 0 saturated heterocycles. The van der Waals surface area contributed by atoms with E-state index < -0.39 is 0 Å². The Labute approximate surface area is 178 Å². The first-order chi connectivity index (χ1) is 13.3. The predicted octanol–water partition coefficient (Wildman–Crippen LogP) is 4.68. The highest BCUT2D eigenvalue weighted by Crippen LogP contribution is 2.31. The van der Waals surface area contributed by atoms with Gasteiger partial charge in [0, 0.05) is 24.3 Å². The van der Waals surface area contributed by atoms with Crippen LogP contribution in [0.1, 0.15) is 64.1 Å². The number of halogens is 1. The molecule has 2 aromatic rings. The molecule has 1 aliphatic rings. The number of carbonyl (C=O) groups is 2. The molecule has 0 spiro atoms. The largest absolute Gasteiger partial charge is 0.496 e. The molecule has 2 aromatic carbocycles. The SMILES string of the molecule is COc1cc(C(C)C)c(C(C)=O)cc1C(=O)Nc1cccc2c1CCN(C)C2.Cl. The van der Waals surface area contributed by atoms with Crippen molar-refractivity contribution in [3.05, 3.63) is 58.1 Å². The third-order valence-electron chi connectivity index (χ3n) is 5.32. The normalized spacial score (nSPS) is 13.4. The summed E-state index contributed by atoms with van der Waals surface area (Å²) in [7, 11) is 3.64. The van der Waals surface area contributed by atoms with E-state index in [1.807, 2.05) is 32.0 Å². The fourth-order valence-electron chi connectivity index (χ4n) is 3.78. The zero-order chi connectivity index (χ0) is 20.4. The second-order valence-electron chi connectivity index (χ2n) is 7.74. The van der Waals surface area contributed by atoms with Crippen LogP contribution in [0.2, 0.25) is 0 Å². The number of ketones is 1. The minimum atomic E-state index is -0.262. The lowest BCUT2D eigenvalue weighted by atomic mass is 9.92. The van der Waals surface area contributed by atoms with E-state index in [1.54, 1.807) is 13.2 Å². The summed E-state index contributed by atoms with van der Waals surface area (Å²) >= 11 is 0. The van der Waals surface area contributed by atoms with Gasteiger partial charge in [0.1, 0.15) is 5.75 Å². The van der Waals surface area contributed by atoms with Gasteiger partial charge in [0.15, 0.2) is 5.78 Å². The van der Waals surface area contributed by atoms with Gasteiger partial charge in [0.05, 0.1) is 12.7 Å². The zero-order valence-corrected chi connectivity index (χ0v) is 18.5. The van der Waals surface area contributed by atoms with Gasteiger partial charge < -0.3 is 15.0 Å². The van der Waals surface area contributed by atoms with Gasteiger partial charge in [-0.15, -0.1) is 12.4 Å². The van der Waals surface area contributed by atoms with Crippen molar-refractivity contribution < 1.29 is 14.3 Å². The summed E-state index contributed by atoms with van der Waals surface area (Å²) in [6.45, 7) is 7.41. The highest BCUT2D eigenvalue weighted by Gasteiger charge is 2.22. The van der Waals surface area contributed by atoms with E-state index in [9.17, 15) is 9.59 Å². The van der Waals surface area contributed by atoms with Crippen molar-refractivity contribution in [3.63, 3.8) is 0 Å². The molecular formula is C23H29ClN2O3. The number of nitrogens with one attached hydrogen (secondary N) is 1. The number of methoxy groups -OCH3 is 1. The van der Waals surface area contributed by atoms with Crippen LogP contribution in [-0.2, 0) is 13.0 Å². The molecule has 156 valence electrons. The topological polar surface area (TPSA) is 58.6 Å². The van der Waals surface area contributed by atoms with Crippen LogP contribution < -0.4 is 10.1 Å². The van der Waals surface area contributed by atoms with Crippen LogP contribution in [0.25, 0.3) is 0 Å². The van der Waals surface area contributed by atoms with Gasteiger partial charge in [-0.2, -0.15) is 0 Å². The Morgan fingerprint density at radius 3 is 2.52 bits per heavy atom. The van der Waals surface area contributed by atoms with E-state index in [1.165, 1.54) is 18.1 Å². The molecule has 0 unspecified atom stereocenters. The molecule has 0 saturated carbocycles. The van der Waals surface area contributed by atoms with Crippen LogP contribution in [0.5, 0.6) is 5.75 Å². The quantitative estimate of drug-likeness (QED) is 0.719. The summed E-state index contributed by atoms with van der Waals surface area (Å²) in [5, 5.41) is 3.04. The van der Waals surface area contributed by atoms with Gasteiger partial charge in [-0.3, -0.25) is 9.59 Å². The number of benzene rings is 2. The van der Waals surface area contributed by atoms with Gasteiger partial charge in [-0.1, -0.05) is 26.0 Å². The van der Waals surface area contributed by atoms with Gasteiger partial charge >= 0.3 is 0 Å². The molecule has 1 heterocycles. The van der Waals surface area contributed by atoms with Crippen molar-refractivity contribution >= 4 is 29.8 Å². The van der Waals surface area contributed by atoms with Crippen molar-refractivity contribution in [1.82, 2.24) is 4.90 Å². The van der Waals surface area contributed by atoms with Crippen LogP contribution in [0, 0.1) is 0 Å². The molecule has 0 aromatic heterocycles. The molecule has 1 amide bonds. The van der Waals surface area contributed by atoms with E-state index in [-0.39, 0.29) is 30.0 Å². The maximum atomic E-state index is 13.1. The number of hydrogen-bond donors (Lipinski definition) is 1. The Hall–Kier alpha value is -2.37. The van der Waals surface area contributed by atoms with Crippen molar-refractivity contribution in [1.29, 1.82) is 0 Å². The number of amides is 1. The molecule has 0 atom stereocenters. The molecule has 0 radical (unpaired) electrons. The van der Waals surface area contributed by atoms with E-state index >= 15 is 0 Å². The van der Waals surface area contributed by atoms with Gasteiger partial charge in [0.25, 0.3) is 5.91 Å². The lowest BCUT2D eigenvalue weighted by Crippen LogP contribution is -2.27. The standard InChI is InChI=1S/C23H28N2O3.ClH/c1-14(2)18-12-22(28-5)20(11-19(18)15(3)26)23(27)24-21-8-6-7-16-13-25(4)10-9-17(16)21;/h6-8,11-12,14H,9-10,13H2,1-5H3,(H,24,27);1H. The van der Waals surface area contributed by atoms with Crippen molar-refractivity contribution in [2.75, 3.05) is 26.0 Å². The second kappa shape index (κ2) is 9.42. The summed E-state index contributed by atoms with van der Waals surface area (Å²) < 4.78 is 5.48. The third-order valence-corrected chi connectivity index (χ3v) is 5.32. The molecule has 29 heavy (non-hydrogen) atoms. The van der Waals surface area contributed by atoms with E-state index in [4.69, 9.17) is 4.74 Å². The Morgan fingerprint density at radius 2 is 1.90 bits per heavy atom. The number of nitrogens with zero attached hydrogens (tertiary/aromatic N) is 1. The maximum absolute atomic E-state index is 13.1. The molecular weight excluding hydrogens is 388 g/mol. The number of carbonyl (C=O) groups excluding carboxylic acids is 2. The summed E-state index contributed by atoms with van der Waals surface area (Å²) in [4.78, 5) is 27.5. The summed E-state index contributed by atoms with van der Waals surface area (Å²) in [5.74, 6) is 0.321. The smallest absolute Gasteiger partial charge is 0.259 e. The first-order valence-corrected chi connectivity index (χ1v) is 9.65. The van der Waals surface area contributed by atoms with Crippen molar-refractivity contribution in [3.8, 4) is 5.75 Å². The number of hydrogen-bond acceptors (Lipinski definition) is 4. The number of anilines is 1. The monoisotopic (exact) mass is 416 g/mol. The summed E-state index contributed by atoms with van der Waals surface area (Å²) in [6.07, 6.45) is 0.893. The number of ether oxygens (including phenoxy) is 1. The first kappa shape index (κ1) is 22.9. The van der Waals surface area contributed by atoms with Crippen LogP contribution in [0.4, 0.5) is 5.69 Å². The highest BCUT2D eigenvalue weighted by molar-refractivity contribution is 6.08. The third kappa shape index (κ3) is 4.80. The molecule has 3 rings (SSSR count). The van der Waals surface area contributed by atoms with Crippen LogP contribution >= 0.6 is 12.4 Å². The maximum Gasteiger partial charge on any atom is 0.259 e. The average Bonchev–Trinajstić information content (AvgIpc) is 2.66. The number of Topliss-reactive ketones (excluding diaryl/α,β-unsaturated/α-hetero) is 1. The Kier molecular flexibility index (Phi) is 7.44. The van der Waals surface area contributed by atoms with E-state index in [0.717, 1.165) is 30.8 Å². The molecule has 1 aliphatic heterocycles. The molecule has 0 bridgehead atoms. The Bertz CT molecular complexity index is 925. The minimum Gasteiger partial charge on any atom is -0.496 e. The molecule has 6 heteroatoms. The molecule has 5 nitrogen and oxygen atoms in total. The van der Waals surface area contributed by atoms with Gasteiger partial charge in [-0.25, -0.2) is 0 Å². The van der Waals surface area contributed by atoms with Crippen LogP contribution in [0.3, 0.4) is 0 Å². The van der Waals surface area contributed by atoms with Crippen LogP contribution in [0.15, 0.2) is 30.3 Å². The van der Waals surface area contributed by atoms with Crippen LogP contribution in [-0.4, -0.2) is 37.3 Å². The highest BCUT2D eigenvalue weighted by atomic mass is 35.5. The number of fused-ring (bicyclic) bond motifs is 1. The van der Waals surface area contributed by atoms with Gasteiger partial charge in [-0.05, 0) is 61.2 Å². The average molecular weight is 417 g/mol. The summed E-state index contributed by atoms with van der Waals surface area (Å²) in [6, 6.07) is 9.48. The molecule has 1 N–H and O–H groups in total. The first-order valence-electron chi connectivity index (χ1n) is 9.65. The second-order valence-corrected chi connectivity index (χ2v) is 7.74. The lowest BCUT2D eigenvalue weighted by Gasteiger charge is -2.27. The van der Waals surface area contributed by atoms with E-state index in [0.29, 0.717) is 16.9 Å². The van der Waals surface area contributed by atoms with Crippen molar-refractivity contribution in [2.45, 2.75) is 39.7 Å². The Balaban J connectivity index is 0.00000300. The van der Waals surface area contributed by atoms with E-state index in [2.05, 4.69) is 23.3 Å². The minimum absolute atomic E-state index is 0. The van der Waals surface area contributed by atoms with Gasteiger partial charge in [0.2, 0.25) is 0 Å². The fourth-order valence-corrected chi connectivity index (χ4v) is 3.78. The Morgan fingerprint density at radius 1 is 1.17 bits per heavy atom. The zero-order valence-electron chi connectivity index (χ0n) is 17.7. The number of likely N-dealkylation sites (N-methyl/N-ethyl adjacent to an activating group) is 1. The molecule has 0 fully saturated rings. The fraction of sp³-hybridized carbons (Fsp3) is 0.391. The predicted molar refractivity (Wildman–Crippen MR) is 119 cm³/mol.